The molecule has 2 fully saturated rings. The summed E-state index contributed by atoms with van der Waals surface area (Å²) < 4.78 is 83.6. The largest absolute Gasteiger partial charge is 0.478 e. The molecule has 2 aliphatic rings. The van der Waals surface area contributed by atoms with Gasteiger partial charge in [0.25, 0.3) is 0 Å². The Hall–Kier alpha value is -4.43. The summed E-state index contributed by atoms with van der Waals surface area (Å²) in [6, 6.07) is 1.49. The second kappa shape index (κ2) is 12.7. The van der Waals surface area contributed by atoms with Crippen molar-refractivity contribution in [2.45, 2.75) is 91.2 Å². The van der Waals surface area contributed by atoms with E-state index in [0.29, 0.717) is 35.4 Å². The highest BCUT2D eigenvalue weighted by molar-refractivity contribution is 5.89. The van der Waals surface area contributed by atoms with Crippen LogP contribution >= 0.6 is 0 Å². The third-order valence-electron chi connectivity index (χ3n) is 9.21. The van der Waals surface area contributed by atoms with Gasteiger partial charge in [0.15, 0.2) is 5.65 Å². The first kappa shape index (κ1) is 35.4. The van der Waals surface area contributed by atoms with Crippen LogP contribution in [-0.2, 0) is 30.9 Å². The average Bonchev–Trinajstić information content (AvgIpc) is 3.95. The molecular formula is C35H39F6N7O2. The maximum absolute atomic E-state index is 13.9. The molecule has 9 nitrogen and oxygen atoms in total. The molecule has 50 heavy (non-hydrogen) atoms. The van der Waals surface area contributed by atoms with Gasteiger partial charge in [-0.05, 0) is 86.1 Å². The summed E-state index contributed by atoms with van der Waals surface area (Å²) in [5.74, 6) is 0.289. The van der Waals surface area contributed by atoms with E-state index < -0.39 is 41.4 Å². The van der Waals surface area contributed by atoms with E-state index in [9.17, 15) is 36.2 Å². The fourth-order valence-electron chi connectivity index (χ4n) is 6.47. The highest BCUT2D eigenvalue weighted by atomic mass is 19.4. The summed E-state index contributed by atoms with van der Waals surface area (Å²) >= 11 is 0. The van der Waals surface area contributed by atoms with Crippen LogP contribution in [0.1, 0.15) is 96.0 Å². The number of nitrogens with zero attached hydrogens (tertiary/aromatic N) is 6. The Balaban J connectivity index is 1.57. The number of benzene rings is 1. The first-order valence-electron chi connectivity index (χ1n) is 16.5. The molecule has 3 aromatic heterocycles. The number of carboxylic acid groups (broad SMARTS) is 1. The Morgan fingerprint density at radius 1 is 0.880 bits per heavy atom. The van der Waals surface area contributed by atoms with Crippen LogP contribution in [0.4, 0.5) is 38.1 Å². The second-order valence-corrected chi connectivity index (χ2v) is 14.6. The SMILES string of the molecule is Cc1nc(N(Cc2cc(C(F)(F)F)cc(C(F)(F)F)c2)Cc2c(N(CC3CC3)CC3CC3)nc3n[nH]c(C)c3c2C(C)(C)C)ncc1C(=O)O. The summed E-state index contributed by atoms with van der Waals surface area (Å²) in [7, 11) is 0. The number of carbonyl (C=O) groups is 1. The first-order chi connectivity index (χ1) is 23.3. The molecule has 2 saturated carbocycles. The molecule has 4 aromatic rings. The molecule has 0 saturated heterocycles. The molecule has 0 atom stereocenters. The van der Waals surface area contributed by atoms with Gasteiger partial charge < -0.3 is 14.9 Å². The van der Waals surface area contributed by atoms with Gasteiger partial charge in [-0.25, -0.2) is 19.7 Å². The zero-order chi connectivity index (χ0) is 36.3. The van der Waals surface area contributed by atoms with Crippen molar-refractivity contribution in [3.05, 3.63) is 69.2 Å². The number of hydrogen-bond donors (Lipinski definition) is 2. The van der Waals surface area contributed by atoms with Crippen molar-refractivity contribution in [3.63, 3.8) is 0 Å². The number of aromatic carboxylic acids is 1. The topological polar surface area (TPSA) is 111 Å². The van der Waals surface area contributed by atoms with Crippen molar-refractivity contribution in [1.29, 1.82) is 0 Å². The van der Waals surface area contributed by atoms with Gasteiger partial charge in [-0.3, -0.25) is 5.10 Å². The number of carboxylic acids is 1. The minimum atomic E-state index is -5.04. The van der Waals surface area contributed by atoms with Crippen molar-refractivity contribution < 1.29 is 36.2 Å². The number of rotatable bonds is 11. The number of aromatic amines is 1. The van der Waals surface area contributed by atoms with Gasteiger partial charge in [0.05, 0.1) is 28.9 Å². The zero-order valence-electron chi connectivity index (χ0n) is 28.4. The standard InChI is InChI=1S/C35H39F6N7O2/c1-18-25(31(49)50)13-42-32(43-18)48(16-22-10-23(34(36,37)38)12-24(11-22)35(39,40)41)17-26-28(33(3,4)5)27-19(2)45-46-29(27)44-30(26)47(14-20-6-7-20)15-21-8-9-21/h10-13,20-21H,6-9,14-17H2,1-5H3,(H,49,50)(H,44,45,46). The predicted octanol–water partition coefficient (Wildman–Crippen LogP) is 8.23. The molecule has 0 radical (unpaired) electrons. The number of alkyl halides is 6. The van der Waals surface area contributed by atoms with Crippen LogP contribution in [0.3, 0.4) is 0 Å². The number of halogens is 6. The number of aromatic nitrogens is 5. The van der Waals surface area contributed by atoms with Crippen LogP contribution in [-0.4, -0.2) is 49.3 Å². The lowest BCUT2D eigenvalue weighted by molar-refractivity contribution is -0.143. The Bertz CT molecular complexity index is 1880. The predicted molar refractivity (Wildman–Crippen MR) is 175 cm³/mol. The molecule has 0 spiro atoms. The molecule has 6 rings (SSSR count). The van der Waals surface area contributed by atoms with E-state index in [0.717, 1.165) is 67.2 Å². The minimum Gasteiger partial charge on any atom is -0.478 e. The molecule has 3 heterocycles. The summed E-state index contributed by atoms with van der Waals surface area (Å²) in [5.41, 5.74) is -0.865. The number of pyridine rings is 1. The van der Waals surface area contributed by atoms with Gasteiger partial charge in [0.1, 0.15) is 5.82 Å². The lowest BCUT2D eigenvalue weighted by Crippen LogP contribution is -2.34. The third kappa shape index (κ3) is 7.65. The highest BCUT2D eigenvalue weighted by Gasteiger charge is 2.38. The van der Waals surface area contributed by atoms with Gasteiger partial charge >= 0.3 is 18.3 Å². The Kier molecular flexibility index (Phi) is 9.00. The fourth-order valence-corrected chi connectivity index (χ4v) is 6.47. The van der Waals surface area contributed by atoms with Crippen molar-refractivity contribution in [3.8, 4) is 0 Å². The molecule has 0 bridgehead atoms. The van der Waals surface area contributed by atoms with E-state index >= 15 is 0 Å². The number of hydrogen-bond acceptors (Lipinski definition) is 7. The monoisotopic (exact) mass is 703 g/mol. The number of H-pyrrole nitrogens is 1. The number of fused-ring (bicyclic) bond motifs is 1. The molecule has 15 heteroatoms. The number of aryl methyl sites for hydroxylation is 2. The molecular weight excluding hydrogens is 664 g/mol. The van der Waals surface area contributed by atoms with Crippen molar-refractivity contribution in [1.82, 2.24) is 25.1 Å². The molecule has 2 N–H and O–H groups in total. The fraction of sp³-hybridized carbons (Fsp3) is 0.514. The van der Waals surface area contributed by atoms with Gasteiger partial charge in [-0.15, -0.1) is 0 Å². The Morgan fingerprint density at radius 3 is 1.94 bits per heavy atom. The van der Waals surface area contributed by atoms with Crippen LogP contribution in [0.5, 0.6) is 0 Å². The third-order valence-corrected chi connectivity index (χ3v) is 9.21. The summed E-state index contributed by atoms with van der Waals surface area (Å²) in [4.78, 5) is 29.3. The van der Waals surface area contributed by atoms with Crippen molar-refractivity contribution >= 4 is 28.8 Å². The van der Waals surface area contributed by atoms with Crippen LogP contribution in [0.25, 0.3) is 11.0 Å². The maximum Gasteiger partial charge on any atom is 0.416 e. The van der Waals surface area contributed by atoms with Crippen molar-refractivity contribution in [2.75, 3.05) is 22.9 Å². The van der Waals surface area contributed by atoms with E-state index in [-0.39, 0.29) is 35.4 Å². The summed E-state index contributed by atoms with van der Waals surface area (Å²) in [6.07, 6.45) is -4.65. The number of nitrogens with one attached hydrogen (secondary N) is 1. The van der Waals surface area contributed by atoms with Crippen LogP contribution in [0.2, 0.25) is 0 Å². The maximum atomic E-state index is 13.9. The molecule has 1 aromatic carbocycles. The van der Waals surface area contributed by atoms with Crippen LogP contribution in [0, 0.1) is 25.7 Å². The van der Waals surface area contributed by atoms with Crippen LogP contribution < -0.4 is 9.80 Å². The van der Waals surface area contributed by atoms with E-state index in [1.54, 1.807) is 0 Å². The molecule has 0 aliphatic heterocycles. The van der Waals surface area contributed by atoms with E-state index in [1.165, 1.54) is 11.8 Å². The lowest BCUT2D eigenvalue weighted by Gasteiger charge is -2.34. The Labute approximate surface area is 285 Å². The molecule has 0 amide bonds. The number of anilines is 2. The quantitative estimate of drug-likeness (QED) is 0.150. The smallest absolute Gasteiger partial charge is 0.416 e. The molecule has 268 valence electrons. The summed E-state index contributed by atoms with van der Waals surface area (Å²) in [5, 5.41) is 18.0. The normalized spacial score (nSPS) is 15.5. The van der Waals surface area contributed by atoms with Crippen molar-refractivity contribution in [2.24, 2.45) is 11.8 Å². The second-order valence-electron chi connectivity index (χ2n) is 14.6. The van der Waals surface area contributed by atoms with E-state index in [1.807, 2.05) is 27.7 Å². The molecule has 0 unspecified atom stereocenters. The lowest BCUT2D eigenvalue weighted by atomic mass is 9.81. The zero-order valence-corrected chi connectivity index (χ0v) is 28.4. The van der Waals surface area contributed by atoms with Gasteiger partial charge in [0, 0.05) is 42.5 Å². The Morgan fingerprint density at radius 2 is 1.46 bits per heavy atom. The van der Waals surface area contributed by atoms with Gasteiger partial charge in [-0.1, -0.05) is 20.8 Å². The minimum absolute atomic E-state index is 0.0508. The first-order valence-corrected chi connectivity index (χ1v) is 16.5. The summed E-state index contributed by atoms with van der Waals surface area (Å²) in [6.45, 7) is 10.4. The van der Waals surface area contributed by atoms with Gasteiger partial charge in [-0.2, -0.15) is 31.4 Å². The highest BCUT2D eigenvalue weighted by Crippen LogP contribution is 2.43. The van der Waals surface area contributed by atoms with E-state index in [2.05, 4.69) is 25.1 Å². The van der Waals surface area contributed by atoms with E-state index in [4.69, 9.17) is 4.98 Å². The van der Waals surface area contributed by atoms with Crippen LogP contribution in [0.15, 0.2) is 24.4 Å². The van der Waals surface area contributed by atoms with Gasteiger partial charge in [0.2, 0.25) is 5.95 Å². The average molecular weight is 704 g/mol. The molecule has 2 aliphatic carbocycles.